The van der Waals surface area contributed by atoms with E-state index in [1.54, 1.807) is 25.1 Å². The molecule has 11 heteroatoms. The quantitative estimate of drug-likeness (QED) is 0.552. The van der Waals surface area contributed by atoms with Gasteiger partial charge in [0.1, 0.15) is 18.0 Å². The molecule has 0 heterocycles. The molecule has 0 radical (unpaired) electrons. The van der Waals surface area contributed by atoms with Crippen LogP contribution in [0.4, 0.5) is 5.69 Å². The molecule has 0 saturated carbocycles. The van der Waals surface area contributed by atoms with Gasteiger partial charge >= 0.3 is 0 Å². The lowest BCUT2D eigenvalue weighted by molar-refractivity contribution is -0.120. The monoisotopic (exact) mass is 494 g/mol. The summed E-state index contributed by atoms with van der Waals surface area (Å²) < 4.78 is 36.1. The Bertz CT molecular complexity index is 1050. The van der Waals surface area contributed by atoms with Crippen molar-refractivity contribution in [3.63, 3.8) is 0 Å². The molecule has 1 amide bonds. The fraction of sp³-hybridized carbons (Fsp3) is 0.316. The topological polar surface area (TPSA) is 84.9 Å². The van der Waals surface area contributed by atoms with Crippen molar-refractivity contribution in [2.24, 2.45) is 0 Å². The van der Waals surface area contributed by atoms with Crippen molar-refractivity contribution in [2.45, 2.75) is 13.0 Å². The number of nitrogens with zero attached hydrogens (tertiary/aromatic N) is 1. The minimum Gasteiger partial charge on any atom is -0.497 e. The molecule has 0 aliphatic carbocycles. The summed E-state index contributed by atoms with van der Waals surface area (Å²) in [6, 6.07) is 7.31. The number of carbonyl (C=O) groups excluding carboxylic acids is 1. The van der Waals surface area contributed by atoms with E-state index in [-0.39, 0.29) is 20.8 Å². The third kappa shape index (κ3) is 5.85. The summed E-state index contributed by atoms with van der Waals surface area (Å²) in [5.74, 6) is 0.586. The average molecular weight is 496 g/mol. The van der Waals surface area contributed by atoms with Gasteiger partial charge in [-0.1, -0.05) is 34.8 Å². The lowest BCUT2D eigenvalue weighted by atomic mass is 10.1. The first kappa shape index (κ1) is 24.4. The Hall–Kier alpha value is -1.87. The Kier molecular flexibility index (Phi) is 8.10. The summed E-state index contributed by atoms with van der Waals surface area (Å²) in [6.07, 6.45) is 0.966. The van der Waals surface area contributed by atoms with E-state index in [2.05, 4.69) is 5.32 Å². The maximum Gasteiger partial charge on any atom is 0.241 e. The zero-order chi connectivity index (χ0) is 22.6. The second-order valence-electron chi connectivity index (χ2n) is 6.38. The SMILES string of the molecule is COc1ccc(OC)c([C@H](C)NC(=O)CN(c2cc(Cl)c(Cl)cc2Cl)S(C)(=O)=O)c1. The fourth-order valence-corrected chi connectivity index (χ4v) is 4.31. The highest BCUT2D eigenvalue weighted by atomic mass is 35.5. The van der Waals surface area contributed by atoms with Crippen LogP contribution in [0.15, 0.2) is 30.3 Å². The molecule has 0 aliphatic rings. The van der Waals surface area contributed by atoms with Crippen molar-refractivity contribution in [2.75, 3.05) is 31.3 Å². The van der Waals surface area contributed by atoms with Crippen LogP contribution in [0.1, 0.15) is 18.5 Å². The van der Waals surface area contributed by atoms with Crippen LogP contribution in [0.3, 0.4) is 0 Å². The molecule has 2 aromatic rings. The van der Waals surface area contributed by atoms with Gasteiger partial charge in [-0.25, -0.2) is 8.42 Å². The summed E-state index contributed by atoms with van der Waals surface area (Å²) in [5, 5.41) is 3.08. The molecule has 2 rings (SSSR count). The van der Waals surface area contributed by atoms with Crippen molar-refractivity contribution in [3.8, 4) is 11.5 Å². The first-order chi connectivity index (χ1) is 14.0. The number of carbonyl (C=O) groups is 1. The van der Waals surface area contributed by atoms with Crippen molar-refractivity contribution in [1.29, 1.82) is 0 Å². The molecule has 1 N–H and O–H groups in total. The molecule has 2 aromatic carbocycles. The number of nitrogens with one attached hydrogen (secondary N) is 1. The first-order valence-corrected chi connectivity index (χ1v) is 11.6. The van der Waals surface area contributed by atoms with Crippen LogP contribution in [0.25, 0.3) is 0 Å². The van der Waals surface area contributed by atoms with Gasteiger partial charge < -0.3 is 14.8 Å². The molecule has 1 atom stereocenters. The van der Waals surface area contributed by atoms with Crippen LogP contribution >= 0.6 is 34.8 Å². The second kappa shape index (κ2) is 9.96. The van der Waals surface area contributed by atoms with Crippen LogP contribution < -0.4 is 19.1 Å². The highest BCUT2D eigenvalue weighted by molar-refractivity contribution is 7.92. The van der Waals surface area contributed by atoms with Gasteiger partial charge in [0.05, 0.1) is 47.3 Å². The second-order valence-corrected chi connectivity index (χ2v) is 9.51. The summed E-state index contributed by atoms with van der Waals surface area (Å²) in [6.45, 7) is 1.24. The normalized spacial score (nSPS) is 12.2. The lowest BCUT2D eigenvalue weighted by Crippen LogP contribution is -2.41. The van der Waals surface area contributed by atoms with Crippen molar-refractivity contribution in [3.05, 3.63) is 51.0 Å². The van der Waals surface area contributed by atoms with Crippen LogP contribution in [0, 0.1) is 0 Å². The Morgan fingerprint density at radius 2 is 1.70 bits per heavy atom. The first-order valence-electron chi connectivity index (χ1n) is 8.61. The lowest BCUT2D eigenvalue weighted by Gasteiger charge is -2.25. The maximum atomic E-state index is 12.7. The van der Waals surface area contributed by atoms with Gasteiger partial charge in [0, 0.05) is 5.56 Å². The Morgan fingerprint density at radius 1 is 1.07 bits per heavy atom. The number of hydrogen-bond acceptors (Lipinski definition) is 5. The Labute approximate surface area is 190 Å². The summed E-state index contributed by atoms with van der Waals surface area (Å²) in [5.41, 5.74) is 0.721. The van der Waals surface area contributed by atoms with Crippen LogP contribution in [0.2, 0.25) is 15.1 Å². The minimum atomic E-state index is -3.85. The number of benzene rings is 2. The van der Waals surface area contributed by atoms with Gasteiger partial charge in [0.2, 0.25) is 15.9 Å². The zero-order valence-corrected chi connectivity index (χ0v) is 19.8. The summed E-state index contributed by atoms with van der Waals surface area (Å²) in [4.78, 5) is 12.7. The van der Waals surface area contributed by atoms with Crippen molar-refractivity contribution < 1.29 is 22.7 Å². The molecule has 0 aliphatic heterocycles. The highest BCUT2D eigenvalue weighted by Gasteiger charge is 2.25. The predicted molar refractivity (Wildman–Crippen MR) is 120 cm³/mol. The van der Waals surface area contributed by atoms with E-state index in [1.165, 1.54) is 26.4 Å². The molecule has 0 saturated heterocycles. The fourth-order valence-electron chi connectivity index (χ4n) is 2.76. The molecule has 0 unspecified atom stereocenters. The third-order valence-corrected chi connectivity index (χ3v) is 6.38. The van der Waals surface area contributed by atoms with E-state index in [1.807, 2.05) is 0 Å². The number of methoxy groups -OCH3 is 2. The number of rotatable bonds is 8. The number of amides is 1. The van der Waals surface area contributed by atoms with Crippen LogP contribution in [-0.2, 0) is 14.8 Å². The van der Waals surface area contributed by atoms with Gasteiger partial charge in [-0.15, -0.1) is 0 Å². The molecular weight excluding hydrogens is 475 g/mol. The molecule has 0 bridgehead atoms. The van der Waals surface area contributed by atoms with Crippen LogP contribution in [0.5, 0.6) is 11.5 Å². The number of ether oxygens (including phenoxy) is 2. The summed E-state index contributed by atoms with van der Waals surface area (Å²) in [7, 11) is -0.808. The number of hydrogen-bond donors (Lipinski definition) is 1. The molecule has 30 heavy (non-hydrogen) atoms. The van der Waals surface area contributed by atoms with Crippen molar-refractivity contribution in [1.82, 2.24) is 5.32 Å². The molecule has 164 valence electrons. The largest absolute Gasteiger partial charge is 0.497 e. The van der Waals surface area contributed by atoms with Crippen molar-refractivity contribution >= 4 is 56.4 Å². The zero-order valence-electron chi connectivity index (χ0n) is 16.7. The standard InChI is InChI=1S/C19H21Cl3N2O5S/c1-11(13-7-12(28-2)5-6-18(13)29-3)23-19(25)10-24(30(4,26)27)17-9-15(21)14(20)8-16(17)22/h5-9,11H,10H2,1-4H3,(H,23,25)/t11-/m0/s1. The van der Waals surface area contributed by atoms with Gasteiger partial charge in [-0.2, -0.15) is 0 Å². The summed E-state index contributed by atoms with van der Waals surface area (Å²) >= 11 is 18.1. The van der Waals surface area contributed by atoms with E-state index in [4.69, 9.17) is 44.3 Å². The molecule has 7 nitrogen and oxygen atoms in total. The van der Waals surface area contributed by atoms with E-state index < -0.39 is 28.5 Å². The molecule has 0 fully saturated rings. The van der Waals surface area contributed by atoms with Crippen LogP contribution in [-0.4, -0.2) is 41.3 Å². The Morgan fingerprint density at radius 3 is 2.27 bits per heavy atom. The van der Waals surface area contributed by atoms with Gasteiger partial charge in [0.15, 0.2) is 0 Å². The predicted octanol–water partition coefficient (Wildman–Crippen LogP) is 4.31. The highest BCUT2D eigenvalue weighted by Crippen LogP contribution is 2.35. The molecule has 0 spiro atoms. The number of halogens is 3. The van der Waals surface area contributed by atoms with E-state index >= 15 is 0 Å². The van der Waals surface area contributed by atoms with Gasteiger partial charge in [0.25, 0.3) is 0 Å². The number of anilines is 1. The number of sulfonamides is 1. The van der Waals surface area contributed by atoms with Gasteiger partial charge in [-0.3, -0.25) is 9.10 Å². The molecule has 0 aromatic heterocycles. The van der Waals surface area contributed by atoms with Gasteiger partial charge in [-0.05, 0) is 37.3 Å². The smallest absolute Gasteiger partial charge is 0.241 e. The minimum absolute atomic E-state index is 0.0464. The Balaban J connectivity index is 2.29. The van der Waals surface area contributed by atoms with E-state index in [0.29, 0.717) is 17.1 Å². The third-order valence-electron chi connectivity index (χ3n) is 4.23. The van der Waals surface area contributed by atoms with E-state index in [0.717, 1.165) is 10.6 Å². The molecular formula is C19H21Cl3N2O5S. The average Bonchev–Trinajstić information content (AvgIpc) is 2.67. The maximum absolute atomic E-state index is 12.7. The van der Waals surface area contributed by atoms with E-state index in [9.17, 15) is 13.2 Å².